The molecule has 1 aromatic carbocycles. The fourth-order valence-electron chi connectivity index (χ4n) is 1.31. The lowest BCUT2D eigenvalue weighted by Gasteiger charge is -2.12. The summed E-state index contributed by atoms with van der Waals surface area (Å²) in [5.74, 6) is 0.494. The van der Waals surface area contributed by atoms with Crippen molar-refractivity contribution in [2.45, 2.75) is 26.9 Å². The predicted octanol–water partition coefficient (Wildman–Crippen LogP) is 1.81. The van der Waals surface area contributed by atoms with Crippen LogP contribution in [0.15, 0.2) is 18.2 Å². The Bertz CT molecular complexity index is 375. The third-order valence-corrected chi connectivity index (χ3v) is 1.97. The van der Waals surface area contributed by atoms with Crippen molar-refractivity contribution in [2.24, 2.45) is 0 Å². The molecule has 4 heteroatoms. The molecule has 4 nitrogen and oxygen atoms in total. The van der Waals surface area contributed by atoms with Gasteiger partial charge in [-0.15, -0.1) is 0 Å². The summed E-state index contributed by atoms with van der Waals surface area (Å²) in [4.78, 5) is 11.5. The van der Waals surface area contributed by atoms with Crippen molar-refractivity contribution < 1.29 is 9.53 Å². The molecule has 0 saturated heterocycles. The predicted molar refractivity (Wildman–Crippen MR) is 64.6 cm³/mol. The van der Waals surface area contributed by atoms with Crippen LogP contribution < -0.4 is 15.8 Å². The number of hydrogen-bond acceptors (Lipinski definition) is 3. The zero-order valence-electron chi connectivity index (χ0n) is 9.91. The van der Waals surface area contributed by atoms with E-state index < -0.39 is 0 Å². The molecule has 0 aliphatic carbocycles. The van der Waals surface area contributed by atoms with Crippen molar-refractivity contribution in [2.75, 3.05) is 12.3 Å². The second kappa shape index (κ2) is 5.39. The highest BCUT2D eigenvalue weighted by Crippen LogP contribution is 2.23. The van der Waals surface area contributed by atoms with Gasteiger partial charge in [-0.25, -0.2) is 0 Å². The molecule has 3 N–H and O–H groups in total. The number of hydrogen-bond donors (Lipinski definition) is 2. The smallest absolute Gasteiger partial charge is 0.251 e. The lowest BCUT2D eigenvalue weighted by atomic mass is 10.1. The lowest BCUT2D eigenvalue weighted by Crippen LogP contribution is -2.22. The molecule has 0 atom stereocenters. The summed E-state index contributed by atoms with van der Waals surface area (Å²) in [6.07, 6.45) is 0.0672. The topological polar surface area (TPSA) is 64.3 Å². The van der Waals surface area contributed by atoms with Crippen molar-refractivity contribution in [3.63, 3.8) is 0 Å². The van der Waals surface area contributed by atoms with Crippen molar-refractivity contribution in [1.29, 1.82) is 0 Å². The summed E-state index contributed by atoms with van der Waals surface area (Å²) in [5.41, 5.74) is 6.83. The number of nitrogens with one attached hydrogen (secondary N) is 1. The lowest BCUT2D eigenvalue weighted by molar-refractivity contribution is 0.0956. The molecule has 0 heterocycles. The zero-order chi connectivity index (χ0) is 12.1. The van der Waals surface area contributed by atoms with E-state index in [1.807, 2.05) is 20.8 Å². The third-order valence-electron chi connectivity index (χ3n) is 1.97. The Balaban J connectivity index is 2.86. The summed E-state index contributed by atoms with van der Waals surface area (Å²) >= 11 is 0. The molecular formula is C12H18N2O2. The van der Waals surface area contributed by atoms with Gasteiger partial charge < -0.3 is 15.8 Å². The first-order valence-electron chi connectivity index (χ1n) is 5.39. The Labute approximate surface area is 95.8 Å². The second-order valence-electron chi connectivity index (χ2n) is 3.78. The summed E-state index contributed by atoms with van der Waals surface area (Å²) in [7, 11) is 0. The number of nitrogen functional groups attached to an aromatic ring is 1. The van der Waals surface area contributed by atoms with E-state index in [0.717, 1.165) is 0 Å². The van der Waals surface area contributed by atoms with E-state index in [9.17, 15) is 4.79 Å². The Morgan fingerprint density at radius 3 is 2.69 bits per heavy atom. The van der Waals surface area contributed by atoms with Crippen LogP contribution in [0.2, 0.25) is 0 Å². The Morgan fingerprint density at radius 1 is 1.50 bits per heavy atom. The van der Waals surface area contributed by atoms with Crippen LogP contribution in [-0.2, 0) is 0 Å². The fraction of sp³-hybridized carbons (Fsp3) is 0.417. The minimum Gasteiger partial charge on any atom is -0.489 e. The largest absolute Gasteiger partial charge is 0.489 e. The molecule has 0 aliphatic heterocycles. The standard InChI is InChI=1S/C12H18N2O2/c1-4-14-12(15)9-5-6-11(10(13)7-9)16-8(2)3/h5-8H,4,13H2,1-3H3,(H,14,15). The maximum Gasteiger partial charge on any atom is 0.251 e. The molecule has 0 saturated carbocycles. The number of carbonyl (C=O) groups excluding carboxylic acids is 1. The van der Waals surface area contributed by atoms with Crippen LogP contribution in [0.25, 0.3) is 0 Å². The average Bonchev–Trinajstić information content (AvgIpc) is 2.20. The van der Waals surface area contributed by atoms with Crippen LogP contribution in [0, 0.1) is 0 Å². The van der Waals surface area contributed by atoms with E-state index in [1.165, 1.54) is 0 Å². The number of rotatable bonds is 4. The molecule has 0 fully saturated rings. The first kappa shape index (κ1) is 12.4. The molecular weight excluding hydrogens is 204 g/mol. The van der Waals surface area contributed by atoms with Crippen LogP contribution in [0.3, 0.4) is 0 Å². The summed E-state index contributed by atoms with van der Waals surface area (Å²) in [5, 5.41) is 2.71. The van der Waals surface area contributed by atoms with Crippen molar-refractivity contribution in [3.05, 3.63) is 23.8 Å². The van der Waals surface area contributed by atoms with Crippen LogP contribution in [0.5, 0.6) is 5.75 Å². The average molecular weight is 222 g/mol. The van der Waals surface area contributed by atoms with Gasteiger partial charge in [0, 0.05) is 12.1 Å². The highest BCUT2D eigenvalue weighted by molar-refractivity contribution is 5.95. The van der Waals surface area contributed by atoms with Crippen LogP contribution >= 0.6 is 0 Å². The minimum absolute atomic E-state index is 0.0672. The highest BCUT2D eigenvalue weighted by atomic mass is 16.5. The fourth-order valence-corrected chi connectivity index (χ4v) is 1.31. The summed E-state index contributed by atoms with van der Waals surface area (Å²) in [6.45, 7) is 6.33. The molecule has 0 bridgehead atoms. The highest BCUT2D eigenvalue weighted by Gasteiger charge is 2.08. The van der Waals surface area contributed by atoms with Crippen LogP contribution in [0.1, 0.15) is 31.1 Å². The van der Waals surface area contributed by atoms with Gasteiger partial charge in [-0.05, 0) is 39.0 Å². The number of anilines is 1. The molecule has 16 heavy (non-hydrogen) atoms. The molecule has 0 spiro atoms. The summed E-state index contributed by atoms with van der Waals surface area (Å²) < 4.78 is 5.48. The second-order valence-corrected chi connectivity index (χ2v) is 3.78. The van der Waals surface area contributed by atoms with Gasteiger partial charge in [0.1, 0.15) is 5.75 Å². The molecule has 0 unspecified atom stereocenters. The Kier molecular flexibility index (Phi) is 4.17. The number of amides is 1. The molecule has 1 rings (SSSR count). The number of ether oxygens (including phenoxy) is 1. The van der Waals surface area contributed by atoms with Gasteiger partial charge >= 0.3 is 0 Å². The minimum atomic E-state index is -0.120. The molecule has 1 amide bonds. The van der Waals surface area contributed by atoms with E-state index in [0.29, 0.717) is 23.5 Å². The maximum absolute atomic E-state index is 11.5. The van der Waals surface area contributed by atoms with Gasteiger partial charge in [-0.2, -0.15) is 0 Å². The van der Waals surface area contributed by atoms with E-state index >= 15 is 0 Å². The maximum atomic E-state index is 11.5. The van der Waals surface area contributed by atoms with Crippen LogP contribution in [0.4, 0.5) is 5.69 Å². The number of benzene rings is 1. The normalized spacial score (nSPS) is 10.2. The van der Waals surface area contributed by atoms with Crippen molar-refractivity contribution >= 4 is 11.6 Å². The third kappa shape index (κ3) is 3.15. The van der Waals surface area contributed by atoms with Crippen LogP contribution in [-0.4, -0.2) is 18.6 Å². The van der Waals surface area contributed by atoms with Gasteiger partial charge in [0.2, 0.25) is 0 Å². The molecule has 0 aliphatic rings. The van der Waals surface area contributed by atoms with Crippen molar-refractivity contribution in [1.82, 2.24) is 5.32 Å². The van der Waals surface area contributed by atoms with Gasteiger partial charge in [-0.1, -0.05) is 0 Å². The monoisotopic (exact) mass is 222 g/mol. The molecule has 88 valence electrons. The first-order chi connectivity index (χ1) is 7.54. The van der Waals surface area contributed by atoms with Gasteiger partial charge in [0.25, 0.3) is 5.91 Å². The van der Waals surface area contributed by atoms with E-state index in [1.54, 1.807) is 18.2 Å². The Morgan fingerprint density at radius 2 is 2.19 bits per heavy atom. The van der Waals surface area contributed by atoms with E-state index in [-0.39, 0.29) is 12.0 Å². The van der Waals surface area contributed by atoms with Gasteiger partial charge in [-0.3, -0.25) is 4.79 Å². The van der Waals surface area contributed by atoms with E-state index in [4.69, 9.17) is 10.5 Å². The number of carbonyl (C=O) groups is 1. The zero-order valence-corrected chi connectivity index (χ0v) is 9.91. The van der Waals surface area contributed by atoms with Gasteiger partial charge in [0.15, 0.2) is 0 Å². The quantitative estimate of drug-likeness (QED) is 0.763. The van der Waals surface area contributed by atoms with E-state index in [2.05, 4.69) is 5.32 Å². The number of nitrogens with two attached hydrogens (primary N) is 1. The molecule has 0 aromatic heterocycles. The summed E-state index contributed by atoms with van der Waals surface area (Å²) in [6, 6.07) is 5.06. The Hall–Kier alpha value is -1.71. The van der Waals surface area contributed by atoms with Gasteiger partial charge in [0.05, 0.1) is 11.8 Å². The molecule has 1 aromatic rings. The van der Waals surface area contributed by atoms with Crippen molar-refractivity contribution in [3.8, 4) is 5.75 Å². The molecule has 0 radical (unpaired) electrons. The first-order valence-corrected chi connectivity index (χ1v) is 5.39. The SMILES string of the molecule is CCNC(=O)c1ccc(OC(C)C)c(N)c1.